The molecule has 2 heterocycles. The van der Waals surface area contributed by atoms with Crippen LogP contribution in [0, 0.1) is 0 Å². The fourth-order valence-electron chi connectivity index (χ4n) is 3.30. The molecule has 0 fully saturated rings. The summed E-state index contributed by atoms with van der Waals surface area (Å²) in [6.45, 7) is 1.20. The first kappa shape index (κ1) is 23.9. The molecule has 4 aromatic rings. The fourth-order valence-corrected chi connectivity index (χ4v) is 3.30. The minimum atomic E-state index is -4.40. The lowest BCUT2D eigenvalue weighted by molar-refractivity contribution is -0.137. The molecule has 0 unspecified atom stereocenters. The lowest BCUT2D eigenvalue weighted by Crippen LogP contribution is -2.14. The predicted molar refractivity (Wildman–Crippen MR) is 129 cm³/mol. The number of nitrogens with zero attached hydrogens (tertiary/aromatic N) is 4. The van der Waals surface area contributed by atoms with E-state index in [0.717, 1.165) is 24.1 Å². The SMILES string of the molecule is FC(F)(F)c1cccc(CNc2nc(NCCc3ccccc3)nc(NCc3ccncc3)n2)c1. The Bertz CT molecular complexity index is 1220. The number of rotatable bonds is 10. The van der Waals surface area contributed by atoms with Gasteiger partial charge in [0.15, 0.2) is 0 Å². The molecule has 0 amide bonds. The van der Waals surface area contributed by atoms with Gasteiger partial charge in [0, 0.05) is 32.0 Å². The summed E-state index contributed by atoms with van der Waals surface area (Å²) in [7, 11) is 0. The zero-order valence-electron chi connectivity index (χ0n) is 18.8. The molecule has 0 saturated heterocycles. The molecule has 4 rings (SSSR count). The van der Waals surface area contributed by atoms with Crippen molar-refractivity contribution in [2.75, 3.05) is 22.5 Å². The van der Waals surface area contributed by atoms with Crippen LogP contribution in [0.3, 0.4) is 0 Å². The molecule has 0 radical (unpaired) electrons. The normalized spacial score (nSPS) is 11.2. The number of hydrogen-bond acceptors (Lipinski definition) is 7. The maximum atomic E-state index is 13.0. The third kappa shape index (κ3) is 7.39. The Labute approximate surface area is 200 Å². The standard InChI is InChI=1S/C25H24F3N7/c26-25(27,28)21-8-4-7-20(15-21)17-32-24-34-22(30-14-11-18-5-2-1-3-6-18)33-23(35-24)31-16-19-9-12-29-13-10-19/h1-10,12-13,15H,11,14,16-17H2,(H3,30,31,32,33,34,35). The van der Waals surface area contributed by atoms with E-state index in [9.17, 15) is 13.2 Å². The Balaban J connectivity index is 1.46. The minimum absolute atomic E-state index is 0.126. The van der Waals surface area contributed by atoms with Gasteiger partial charge in [0.1, 0.15) is 0 Å². The van der Waals surface area contributed by atoms with Gasteiger partial charge in [0.25, 0.3) is 0 Å². The summed E-state index contributed by atoms with van der Waals surface area (Å²) in [6.07, 6.45) is -0.228. The maximum Gasteiger partial charge on any atom is 0.416 e. The van der Waals surface area contributed by atoms with Gasteiger partial charge in [-0.1, -0.05) is 42.5 Å². The first-order chi connectivity index (χ1) is 17.0. The number of anilines is 3. The van der Waals surface area contributed by atoms with E-state index in [-0.39, 0.29) is 12.5 Å². The molecule has 0 aliphatic carbocycles. The van der Waals surface area contributed by atoms with E-state index in [1.54, 1.807) is 18.5 Å². The Morgan fingerprint density at radius 1 is 0.629 bits per heavy atom. The molecule has 0 aliphatic rings. The van der Waals surface area contributed by atoms with E-state index in [1.165, 1.54) is 11.6 Å². The fraction of sp³-hybridized carbons (Fsp3) is 0.200. The second-order valence-electron chi connectivity index (χ2n) is 7.73. The average Bonchev–Trinajstić information content (AvgIpc) is 2.87. The average molecular weight is 480 g/mol. The number of hydrogen-bond donors (Lipinski definition) is 3. The van der Waals surface area contributed by atoms with Crippen molar-refractivity contribution in [3.63, 3.8) is 0 Å². The van der Waals surface area contributed by atoms with Gasteiger partial charge < -0.3 is 16.0 Å². The van der Waals surface area contributed by atoms with Crippen molar-refractivity contribution in [1.29, 1.82) is 0 Å². The van der Waals surface area contributed by atoms with Crippen LogP contribution in [0.4, 0.5) is 31.0 Å². The van der Waals surface area contributed by atoms with Gasteiger partial charge >= 0.3 is 6.18 Å². The number of halogens is 3. The summed E-state index contributed by atoms with van der Waals surface area (Å²) in [5.41, 5.74) is 1.94. The largest absolute Gasteiger partial charge is 0.416 e. The molecule has 0 atom stereocenters. The molecule has 7 nitrogen and oxygen atoms in total. The van der Waals surface area contributed by atoms with E-state index in [2.05, 4.69) is 35.9 Å². The van der Waals surface area contributed by atoms with Gasteiger partial charge in [-0.25, -0.2) is 0 Å². The van der Waals surface area contributed by atoms with Gasteiger partial charge in [-0.3, -0.25) is 4.98 Å². The monoisotopic (exact) mass is 479 g/mol. The van der Waals surface area contributed by atoms with Crippen LogP contribution in [-0.2, 0) is 25.7 Å². The highest BCUT2D eigenvalue weighted by Crippen LogP contribution is 2.29. The lowest BCUT2D eigenvalue weighted by Gasteiger charge is -2.12. The summed E-state index contributed by atoms with van der Waals surface area (Å²) >= 11 is 0. The first-order valence-electron chi connectivity index (χ1n) is 11.0. The van der Waals surface area contributed by atoms with E-state index in [4.69, 9.17) is 0 Å². The van der Waals surface area contributed by atoms with Crippen LogP contribution in [0.5, 0.6) is 0 Å². The number of pyridine rings is 1. The Kier molecular flexibility index (Phi) is 7.71. The molecule has 180 valence electrons. The zero-order valence-corrected chi connectivity index (χ0v) is 18.8. The summed E-state index contributed by atoms with van der Waals surface area (Å²) in [4.78, 5) is 17.2. The van der Waals surface area contributed by atoms with Crippen LogP contribution >= 0.6 is 0 Å². The molecule has 10 heteroatoms. The molecule has 3 N–H and O–H groups in total. The van der Waals surface area contributed by atoms with Crippen molar-refractivity contribution in [1.82, 2.24) is 19.9 Å². The van der Waals surface area contributed by atoms with Gasteiger partial charge in [-0.2, -0.15) is 28.1 Å². The van der Waals surface area contributed by atoms with E-state index < -0.39 is 11.7 Å². The van der Waals surface area contributed by atoms with Crippen molar-refractivity contribution < 1.29 is 13.2 Å². The lowest BCUT2D eigenvalue weighted by atomic mass is 10.1. The van der Waals surface area contributed by atoms with Gasteiger partial charge in [0.05, 0.1) is 5.56 Å². The maximum absolute atomic E-state index is 13.0. The molecule has 2 aromatic heterocycles. The van der Waals surface area contributed by atoms with Crippen molar-refractivity contribution in [3.8, 4) is 0 Å². The number of alkyl halides is 3. The topological polar surface area (TPSA) is 87.7 Å². The summed E-state index contributed by atoms with van der Waals surface area (Å²) < 4.78 is 39.1. The van der Waals surface area contributed by atoms with Crippen LogP contribution in [0.1, 0.15) is 22.3 Å². The van der Waals surface area contributed by atoms with Crippen LogP contribution in [-0.4, -0.2) is 26.5 Å². The van der Waals surface area contributed by atoms with Crippen molar-refractivity contribution in [2.24, 2.45) is 0 Å². The van der Waals surface area contributed by atoms with E-state index >= 15 is 0 Å². The van der Waals surface area contributed by atoms with E-state index in [1.807, 2.05) is 42.5 Å². The van der Waals surface area contributed by atoms with Crippen LogP contribution in [0.2, 0.25) is 0 Å². The smallest absolute Gasteiger partial charge is 0.354 e. The Morgan fingerprint density at radius 2 is 1.23 bits per heavy atom. The van der Waals surface area contributed by atoms with Gasteiger partial charge in [-0.05, 0) is 47.4 Å². The molecule has 0 spiro atoms. The highest BCUT2D eigenvalue weighted by atomic mass is 19.4. The highest BCUT2D eigenvalue weighted by molar-refractivity contribution is 5.43. The minimum Gasteiger partial charge on any atom is -0.354 e. The highest BCUT2D eigenvalue weighted by Gasteiger charge is 2.30. The number of benzene rings is 2. The molecule has 0 saturated carbocycles. The third-order valence-corrected chi connectivity index (χ3v) is 5.08. The molecular weight excluding hydrogens is 455 g/mol. The van der Waals surface area contributed by atoms with E-state index in [0.29, 0.717) is 30.5 Å². The summed E-state index contributed by atoms with van der Waals surface area (Å²) in [5, 5.41) is 9.36. The molecule has 0 aliphatic heterocycles. The molecular formula is C25H24F3N7. The zero-order chi connectivity index (χ0) is 24.5. The quantitative estimate of drug-likeness (QED) is 0.289. The Hall–Kier alpha value is -4.21. The summed E-state index contributed by atoms with van der Waals surface area (Å²) in [5.74, 6) is 0.946. The first-order valence-corrected chi connectivity index (χ1v) is 11.0. The van der Waals surface area contributed by atoms with Gasteiger partial charge in [-0.15, -0.1) is 0 Å². The number of aromatic nitrogens is 4. The van der Waals surface area contributed by atoms with Crippen molar-refractivity contribution >= 4 is 17.8 Å². The molecule has 35 heavy (non-hydrogen) atoms. The Morgan fingerprint density at radius 3 is 1.89 bits per heavy atom. The van der Waals surface area contributed by atoms with Crippen molar-refractivity contribution in [3.05, 3.63) is 101 Å². The third-order valence-electron chi connectivity index (χ3n) is 5.08. The molecule has 2 aromatic carbocycles. The van der Waals surface area contributed by atoms with Crippen LogP contribution < -0.4 is 16.0 Å². The van der Waals surface area contributed by atoms with Gasteiger partial charge in [0.2, 0.25) is 17.8 Å². The number of nitrogens with one attached hydrogen (secondary N) is 3. The summed E-state index contributed by atoms with van der Waals surface area (Å²) in [6, 6.07) is 18.9. The van der Waals surface area contributed by atoms with Crippen LogP contribution in [0.25, 0.3) is 0 Å². The van der Waals surface area contributed by atoms with Crippen molar-refractivity contribution in [2.45, 2.75) is 25.7 Å². The molecule has 0 bridgehead atoms. The predicted octanol–water partition coefficient (Wildman–Crippen LogP) is 5.16. The second-order valence-corrected chi connectivity index (χ2v) is 7.73. The second kappa shape index (κ2) is 11.3. The van der Waals surface area contributed by atoms with Crippen LogP contribution in [0.15, 0.2) is 79.1 Å².